The molecule has 20 heavy (non-hydrogen) atoms. The lowest BCUT2D eigenvalue weighted by atomic mass is 10.1. The molecule has 2 rings (SSSR count). The fourth-order valence-electron chi connectivity index (χ4n) is 1.86. The Morgan fingerprint density at radius 2 is 2.25 bits per heavy atom. The highest BCUT2D eigenvalue weighted by Gasteiger charge is 2.30. The van der Waals surface area contributed by atoms with E-state index in [9.17, 15) is 14.3 Å². The predicted molar refractivity (Wildman–Crippen MR) is 69.4 cm³/mol. The maximum atomic E-state index is 13.3. The van der Waals surface area contributed by atoms with Gasteiger partial charge in [-0.2, -0.15) is 5.26 Å². The first-order valence-electron chi connectivity index (χ1n) is 5.71. The molecule has 1 aliphatic rings. The van der Waals surface area contributed by atoms with Crippen LogP contribution in [0.25, 0.3) is 0 Å². The number of likely N-dealkylation sites (N-methyl/N-ethyl adjacent to an activating group) is 1. The monoisotopic (exact) mass is 295 g/mol. The van der Waals surface area contributed by atoms with Crippen molar-refractivity contribution < 1.29 is 14.3 Å². The van der Waals surface area contributed by atoms with E-state index in [1.807, 2.05) is 6.07 Å². The molecule has 1 N–H and O–H groups in total. The van der Waals surface area contributed by atoms with E-state index < -0.39 is 18.1 Å². The van der Waals surface area contributed by atoms with Crippen LogP contribution in [0.15, 0.2) is 29.4 Å². The zero-order valence-electron chi connectivity index (χ0n) is 10.5. The number of carbonyl (C=O) groups excluding carboxylic acids is 1. The second kappa shape index (κ2) is 5.49. The van der Waals surface area contributed by atoms with Crippen molar-refractivity contribution in [1.82, 2.24) is 9.80 Å². The van der Waals surface area contributed by atoms with Gasteiger partial charge in [-0.05, 0) is 23.8 Å². The molecule has 5 nitrogen and oxygen atoms in total. The van der Waals surface area contributed by atoms with Gasteiger partial charge in [0.15, 0.2) is 0 Å². The summed E-state index contributed by atoms with van der Waals surface area (Å²) in [5, 5.41) is 19.0. The molecule has 7 heteroatoms. The Kier molecular flexibility index (Phi) is 3.93. The molecule has 1 atom stereocenters. The molecule has 0 saturated heterocycles. The summed E-state index contributed by atoms with van der Waals surface area (Å²) in [5.74, 6) is -0.923. The number of nitriles is 1. The van der Waals surface area contributed by atoms with Gasteiger partial charge in [0.2, 0.25) is 6.35 Å². The Bertz CT molecular complexity index is 627. The number of hydrogen-bond donors (Lipinski definition) is 1. The van der Waals surface area contributed by atoms with Crippen LogP contribution in [0.2, 0.25) is 0 Å². The molecule has 0 aliphatic carbocycles. The average molecular weight is 296 g/mol. The summed E-state index contributed by atoms with van der Waals surface area (Å²) in [6.45, 7) is 0.00870. The molecule has 0 bridgehead atoms. The Hall–Kier alpha value is -2.10. The van der Waals surface area contributed by atoms with Crippen LogP contribution >= 0.6 is 11.6 Å². The van der Waals surface area contributed by atoms with E-state index in [2.05, 4.69) is 0 Å². The number of carbonyl (C=O) groups is 1. The largest absolute Gasteiger partial charge is 0.356 e. The first-order valence-corrected chi connectivity index (χ1v) is 6.09. The topological polar surface area (TPSA) is 67.6 Å². The molecule has 0 radical (unpaired) electrons. The summed E-state index contributed by atoms with van der Waals surface area (Å²) < 4.78 is 13.3. The Labute approximate surface area is 120 Å². The number of amides is 1. The maximum absolute atomic E-state index is 13.3. The van der Waals surface area contributed by atoms with E-state index in [0.717, 1.165) is 11.0 Å². The quantitative estimate of drug-likeness (QED) is 0.836. The van der Waals surface area contributed by atoms with Crippen LogP contribution in [0.1, 0.15) is 11.1 Å². The van der Waals surface area contributed by atoms with Crippen LogP contribution in [0.3, 0.4) is 0 Å². The van der Waals surface area contributed by atoms with E-state index >= 15 is 0 Å². The van der Waals surface area contributed by atoms with Gasteiger partial charge in [-0.15, -0.1) is 0 Å². The second-order valence-electron chi connectivity index (χ2n) is 4.30. The molecule has 1 aliphatic heterocycles. The van der Waals surface area contributed by atoms with Gasteiger partial charge in [0, 0.05) is 19.7 Å². The van der Waals surface area contributed by atoms with Crippen LogP contribution < -0.4 is 0 Å². The lowest BCUT2D eigenvalue weighted by Gasteiger charge is -2.37. The third-order valence-electron chi connectivity index (χ3n) is 3.02. The van der Waals surface area contributed by atoms with Gasteiger partial charge in [-0.3, -0.25) is 9.69 Å². The van der Waals surface area contributed by atoms with E-state index in [0.29, 0.717) is 5.56 Å². The highest BCUT2D eigenvalue weighted by molar-refractivity contribution is 6.30. The number of halogens is 2. The van der Waals surface area contributed by atoms with E-state index in [1.165, 1.54) is 30.1 Å². The molecule has 1 amide bonds. The summed E-state index contributed by atoms with van der Waals surface area (Å²) >= 11 is 5.93. The van der Waals surface area contributed by atoms with Crippen molar-refractivity contribution in [2.24, 2.45) is 0 Å². The number of aliphatic hydroxyl groups is 1. The third kappa shape index (κ3) is 2.59. The number of hydrogen-bond acceptors (Lipinski definition) is 4. The zero-order chi connectivity index (χ0) is 14.9. The Morgan fingerprint density at radius 3 is 2.90 bits per heavy atom. The van der Waals surface area contributed by atoms with E-state index in [-0.39, 0.29) is 17.3 Å². The van der Waals surface area contributed by atoms with Crippen molar-refractivity contribution in [1.29, 1.82) is 5.26 Å². The molecule has 1 aromatic carbocycles. The number of nitrogens with zero attached hydrogens (tertiary/aromatic N) is 3. The van der Waals surface area contributed by atoms with Crippen LogP contribution in [-0.4, -0.2) is 34.2 Å². The average Bonchev–Trinajstić information content (AvgIpc) is 2.41. The first kappa shape index (κ1) is 14.3. The van der Waals surface area contributed by atoms with Crippen LogP contribution in [-0.2, 0) is 11.3 Å². The zero-order valence-corrected chi connectivity index (χ0v) is 11.3. The van der Waals surface area contributed by atoms with Crippen LogP contribution in [0.5, 0.6) is 0 Å². The van der Waals surface area contributed by atoms with Gasteiger partial charge < -0.3 is 10.0 Å². The summed E-state index contributed by atoms with van der Waals surface area (Å²) in [5.41, 5.74) is 0.656. The molecule has 0 spiro atoms. The molecule has 0 fully saturated rings. The maximum Gasteiger partial charge on any atom is 0.252 e. The van der Waals surface area contributed by atoms with Crippen molar-refractivity contribution in [2.45, 2.75) is 12.9 Å². The predicted octanol–water partition coefficient (Wildman–Crippen LogP) is 1.33. The SMILES string of the molecule is CN1C(=O)C=C(Cl)N(Cc2cc(F)ccc2C#N)C1O. The summed E-state index contributed by atoms with van der Waals surface area (Å²) in [6.07, 6.45) is -0.116. The Balaban J connectivity index is 2.35. The lowest BCUT2D eigenvalue weighted by Crippen LogP contribution is -2.50. The smallest absolute Gasteiger partial charge is 0.252 e. The van der Waals surface area contributed by atoms with Crippen molar-refractivity contribution in [3.8, 4) is 6.07 Å². The van der Waals surface area contributed by atoms with Crippen LogP contribution in [0, 0.1) is 17.1 Å². The van der Waals surface area contributed by atoms with Gasteiger partial charge in [0.1, 0.15) is 11.0 Å². The minimum absolute atomic E-state index is 0.00870. The molecule has 1 aromatic rings. The van der Waals surface area contributed by atoms with Crippen molar-refractivity contribution in [2.75, 3.05) is 7.05 Å². The highest BCUT2D eigenvalue weighted by Crippen LogP contribution is 2.24. The van der Waals surface area contributed by atoms with Crippen molar-refractivity contribution in [3.05, 3.63) is 46.4 Å². The Morgan fingerprint density at radius 1 is 1.55 bits per heavy atom. The second-order valence-corrected chi connectivity index (χ2v) is 4.69. The summed E-state index contributed by atoms with van der Waals surface area (Å²) in [6, 6.07) is 5.68. The minimum atomic E-state index is -1.27. The number of aliphatic hydroxyl groups excluding tert-OH is 1. The molecule has 0 aromatic heterocycles. The first-order chi connectivity index (χ1) is 9.43. The highest BCUT2D eigenvalue weighted by atomic mass is 35.5. The van der Waals surface area contributed by atoms with Gasteiger partial charge in [0.05, 0.1) is 11.6 Å². The van der Waals surface area contributed by atoms with E-state index in [1.54, 1.807) is 0 Å². The van der Waals surface area contributed by atoms with Gasteiger partial charge in [-0.1, -0.05) is 11.6 Å². The summed E-state index contributed by atoms with van der Waals surface area (Å²) in [7, 11) is 1.41. The molecule has 1 heterocycles. The number of rotatable bonds is 2. The number of benzene rings is 1. The summed E-state index contributed by atoms with van der Waals surface area (Å²) in [4.78, 5) is 13.8. The molecular formula is C13H11ClFN3O2. The standard InChI is InChI=1S/C13H11ClFN3O2/c1-17-12(19)5-11(14)18(13(17)20)7-9-4-10(15)3-2-8(9)6-16/h2-5,13,20H,7H2,1H3. The minimum Gasteiger partial charge on any atom is -0.356 e. The molecule has 1 unspecified atom stereocenters. The lowest BCUT2D eigenvalue weighted by molar-refractivity contribution is -0.150. The van der Waals surface area contributed by atoms with Crippen molar-refractivity contribution >= 4 is 17.5 Å². The third-order valence-corrected chi connectivity index (χ3v) is 3.34. The molecule has 104 valence electrons. The van der Waals surface area contributed by atoms with Gasteiger partial charge >= 0.3 is 0 Å². The molecular weight excluding hydrogens is 285 g/mol. The van der Waals surface area contributed by atoms with Gasteiger partial charge in [0.25, 0.3) is 5.91 Å². The van der Waals surface area contributed by atoms with Crippen molar-refractivity contribution in [3.63, 3.8) is 0 Å². The molecule has 0 saturated carbocycles. The fourth-order valence-corrected chi connectivity index (χ4v) is 2.10. The van der Waals surface area contributed by atoms with Crippen LogP contribution in [0.4, 0.5) is 4.39 Å². The van der Waals surface area contributed by atoms with Gasteiger partial charge in [-0.25, -0.2) is 4.39 Å². The fraction of sp³-hybridized carbons (Fsp3) is 0.231. The normalized spacial score (nSPS) is 18.9. The van der Waals surface area contributed by atoms with E-state index in [4.69, 9.17) is 16.9 Å².